The minimum absolute atomic E-state index is 0.707. The number of aromatic nitrogens is 2. The standard InChI is InChI=1S/C5H2F4N2/c6-1-2-10-4(8)3(7)5(9)11-2/h1H2. The van der Waals surface area contributed by atoms with Gasteiger partial charge in [-0.15, -0.1) is 0 Å². The van der Waals surface area contributed by atoms with Crippen LogP contribution in [0.4, 0.5) is 17.6 Å². The van der Waals surface area contributed by atoms with E-state index in [0.29, 0.717) is 0 Å². The van der Waals surface area contributed by atoms with Crippen molar-refractivity contribution in [3.63, 3.8) is 0 Å². The molecule has 0 aliphatic rings. The van der Waals surface area contributed by atoms with E-state index in [1.165, 1.54) is 0 Å². The molecule has 1 aromatic rings. The average Bonchev–Trinajstić information content (AvgIpc) is 1.99. The fourth-order valence-electron chi connectivity index (χ4n) is 0.495. The topological polar surface area (TPSA) is 25.8 Å². The maximum absolute atomic E-state index is 12.1. The van der Waals surface area contributed by atoms with Crippen LogP contribution in [0.25, 0.3) is 0 Å². The van der Waals surface area contributed by atoms with E-state index in [1.807, 2.05) is 0 Å². The number of hydrogen-bond acceptors (Lipinski definition) is 2. The van der Waals surface area contributed by atoms with Crippen molar-refractivity contribution in [2.45, 2.75) is 6.67 Å². The number of alkyl halides is 1. The average molecular weight is 166 g/mol. The summed E-state index contributed by atoms with van der Waals surface area (Å²) in [5, 5.41) is 0. The third kappa shape index (κ3) is 1.44. The molecule has 0 unspecified atom stereocenters. The lowest BCUT2D eigenvalue weighted by molar-refractivity contribution is 0.380. The Balaban J connectivity index is 3.21. The van der Waals surface area contributed by atoms with Gasteiger partial charge in [0.1, 0.15) is 6.67 Å². The maximum Gasteiger partial charge on any atom is 0.255 e. The molecule has 1 aromatic heterocycles. The molecular weight excluding hydrogens is 164 g/mol. The molecule has 6 heteroatoms. The molecular formula is C5H2F4N2. The van der Waals surface area contributed by atoms with E-state index in [4.69, 9.17) is 0 Å². The van der Waals surface area contributed by atoms with Gasteiger partial charge in [-0.3, -0.25) is 0 Å². The van der Waals surface area contributed by atoms with Gasteiger partial charge in [0, 0.05) is 0 Å². The van der Waals surface area contributed by atoms with Gasteiger partial charge in [-0.2, -0.15) is 23.1 Å². The van der Waals surface area contributed by atoms with Crippen LogP contribution < -0.4 is 0 Å². The lowest BCUT2D eigenvalue weighted by Gasteiger charge is -1.95. The van der Waals surface area contributed by atoms with Gasteiger partial charge in [0.2, 0.25) is 5.82 Å². The molecule has 0 spiro atoms. The van der Waals surface area contributed by atoms with Gasteiger partial charge in [-0.25, -0.2) is 4.39 Å². The second kappa shape index (κ2) is 2.81. The maximum atomic E-state index is 12.1. The van der Waals surface area contributed by atoms with Crippen LogP contribution in [0.5, 0.6) is 0 Å². The summed E-state index contributed by atoms with van der Waals surface area (Å²) in [6.07, 6.45) is 0. The fourth-order valence-corrected chi connectivity index (χ4v) is 0.495. The summed E-state index contributed by atoms with van der Waals surface area (Å²) in [6, 6.07) is 0. The van der Waals surface area contributed by atoms with Gasteiger partial charge in [0.25, 0.3) is 11.9 Å². The third-order valence-corrected chi connectivity index (χ3v) is 0.936. The molecule has 0 radical (unpaired) electrons. The van der Waals surface area contributed by atoms with E-state index in [1.54, 1.807) is 0 Å². The van der Waals surface area contributed by atoms with Gasteiger partial charge in [-0.05, 0) is 0 Å². The van der Waals surface area contributed by atoms with Crippen LogP contribution >= 0.6 is 0 Å². The van der Waals surface area contributed by atoms with E-state index in [9.17, 15) is 17.6 Å². The second-order valence-electron chi connectivity index (χ2n) is 1.67. The molecule has 1 heterocycles. The van der Waals surface area contributed by atoms with Crippen molar-refractivity contribution in [3.8, 4) is 0 Å². The lowest BCUT2D eigenvalue weighted by atomic mass is 10.5. The zero-order chi connectivity index (χ0) is 8.43. The largest absolute Gasteiger partial charge is 0.255 e. The van der Waals surface area contributed by atoms with E-state index < -0.39 is 30.2 Å². The van der Waals surface area contributed by atoms with Gasteiger partial charge < -0.3 is 0 Å². The van der Waals surface area contributed by atoms with Gasteiger partial charge >= 0.3 is 0 Å². The second-order valence-corrected chi connectivity index (χ2v) is 1.67. The monoisotopic (exact) mass is 166 g/mol. The molecule has 0 bridgehead atoms. The van der Waals surface area contributed by atoms with Crippen molar-refractivity contribution in [1.29, 1.82) is 0 Å². The summed E-state index contributed by atoms with van der Waals surface area (Å²) >= 11 is 0. The van der Waals surface area contributed by atoms with Gasteiger partial charge in [0.05, 0.1) is 0 Å². The Morgan fingerprint density at radius 1 is 1.00 bits per heavy atom. The van der Waals surface area contributed by atoms with Crippen molar-refractivity contribution in [2.75, 3.05) is 0 Å². The van der Waals surface area contributed by atoms with Crippen LogP contribution in [-0.4, -0.2) is 9.97 Å². The van der Waals surface area contributed by atoms with E-state index >= 15 is 0 Å². The smallest absolute Gasteiger partial charge is 0.242 e. The summed E-state index contributed by atoms with van der Waals surface area (Å²) in [5.74, 6) is -5.85. The quantitative estimate of drug-likeness (QED) is 0.465. The Morgan fingerprint density at radius 3 is 1.82 bits per heavy atom. The molecule has 0 saturated carbocycles. The van der Waals surface area contributed by atoms with Crippen molar-refractivity contribution >= 4 is 0 Å². The molecule has 1 rings (SSSR count). The number of hydrogen-bond donors (Lipinski definition) is 0. The van der Waals surface area contributed by atoms with Crippen molar-refractivity contribution in [1.82, 2.24) is 9.97 Å². The summed E-state index contributed by atoms with van der Waals surface area (Å²) in [4.78, 5) is 5.37. The Hall–Kier alpha value is -1.20. The fraction of sp³-hybridized carbons (Fsp3) is 0.200. The molecule has 0 aliphatic heterocycles. The highest BCUT2D eigenvalue weighted by molar-refractivity contribution is 4.95. The van der Waals surface area contributed by atoms with Crippen molar-refractivity contribution < 1.29 is 17.6 Å². The van der Waals surface area contributed by atoms with Crippen LogP contribution in [0, 0.1) is 17.7 Å². The highest BCUT2D eigenvalue weighted by Crippen LogP contribution is 2.06. The molecule has 0 fully saturated rings. The van der Waals surface area contributed by atoms with Crippen LogP contribution in [0.1, 0.15) is 5.82 Å². The minimum atomic E-state index is -1.79. The zero-order valence-corrected chi connectivity index (χ0v) is 5.11. The molecule has 0 amide bonds. The molecule has 0 atom stereocenters. The summed E-state index contributed by atoms with van der Waals surface area (Å²) in [7, 11) is 0. The number of rotatable bonds is 1. The van der Waals surface area contributed by atoms with Crippen LogP contribution in [-0.2, 0) is 6.67 Å². The Labute approximate surface area is 58.9 Å². The number of nitrogens with zero attached hydrogens (tertiary/aromatic N) is 2. The molecule has 0 saturated heterocycles. The molecule has 11 heavy (non-hydrogen) atoms. The van der Waals surface area contributed by atoms with Crippen LogP contribution in [0.2, 0.25) is 0 Å². The van der Waals surface area contributed by atoms with Crippen molar-refractivity contribution in [2.24, 2.45) is 0 Å². The molecule has 0 aliphatic carbocycles. The predicted molar refractivity (Wildman–Crippen MR) is 26.7 cm³/mol. The molecule has 60 valence electrons. The predicted octanol–water partition coefficient (Wildman–Crippen LogP) is 1.36. The Morgan fingerprint density at radius 2 is 1.45 bits per heavy atom. The first-order valence-corrected chi connectivity index (χ1v) is 2.58. The first-order chi connectivity index (χ1) is 5.15. The van der Waals surface area contributed by atoms with Crippen LogP contribution in [0.3, 0.4) is 0 Å². The van der Waals surface area contributed by atoms with E-state index in [0.717, 1.165) is 0 Å². The minimum Gasteiger partial charge on any atom is -0.242 e. The molecule has 0 aromatic carbocycles. The summed E-state index contributed by atoms with van der Waals surface area (Å²) in [6.45, 7) is -1.23. The SMILES string of the molecule is FCc1nc(F)c(F)c(F)n1. The molecule has 2 nitrogen and oxygen atoms in total. The van der Waals surface area contributed by atoms with Gasteiger partial charge in [-0.1, -0.05) is 0 Å². The summed E-state index contributed by atoms with van der Waals surface area (Å²) in [5.41, 5.74) is 0. The first kappa shape index (κ1) is 7.90. The van der Waals surface area contributed by atoms with Gasteiger partial charge in [0.15, 0.2) is 5.82 Å². The normalized spacial score (nSPS) is 10.2. The number of halogens is 4. The third-order valence-electron chi connectivity index (χ3n) is 0.936. The van der Waals surface area contributed by atoms with Crippen molar-refractivity contribution in [3.05, 3.63) is 23.5 Å². The zero-order valence-electron chi connectivity index (χ0n) is 5.11. The lowest BCUT2D eigenvalue weighted by Crippen LogP contribution is -2.03. The van der Waals surface area contributed by atoms with Crippen LogP contribution in [0.15, 0.2) is 0 Å². The molecule has 0 N–H and O–H groups in total. The highest BCUT2D eigenvalue weighted by Gasteiger charge is 2.13. The summed E-state index contributed by atoms with van der Waals surface area (Å²) < 4.78 is 47.9. The van der Waals surface area contributed by atoms with E-state index in [2.05, 4.69) is 9.97 Å². The Kier molecular flexibility index (Phi) is 2.02. The Bertz CT molecular complexity index is 252. The highest BCUT2D eigenvalue weighted by atomic mass is 19.2. The first-order valence-electron chi connectivity index (χ1n) is 2.58. The van der Waals surface area contributed by atoms with E-state index in [-0.39, 0.29) is 0 Å².